The first-order chi connectivity index (χ1) is 7.26. The lowest BCUT2D eigenvalue weighted by Crippen LogP contribution is -2.24. The van der Waals surface area contributed by atoms with Crippen molar-refractivity contribution < 1.29 is 13.2 Å². The van der Waals surface area contributed by atoms with E-state index in [1.807, 2.05) is 19.9 Å². The lowest BCUT2D eigenvalue weighted by molar-refractivity contribution is -0.136. The second kappa shape index (κ2) is 4.72. The Kier molecular flexibility index (Phi) is 3.78. The van der Waals surface area contributed by atoms with Gasteiger partial charge in [0, 0.05) is 11.7 Å². The van der Waals surface area contributed by atoms with Gasteiger partial charge in [-0.2, -0.15) is 13.2 Å². The van der Waals surface area contributed by atoms with Gasteiger partial charge < -0.3 is 5.32 Å². The first-order valence-corrected chi connectivity index (χ1v) is 5.05. The molecule has 0 aliphatic heterocycles. The number of hydrogen-bond acceptors (Lipinski definition) is 2. The standard InChI is InChI=1S/C11H15F3N2/c1-7-4-8(2)15-10(5-7)16-9(3)6-11(12,13)14/h4-5,9H,6H2,1-3H3,(H,15,16). The fourth-order valence-electron chi connectivity index (χ4n) is 1.57. The average Bonchev–Trinajstić information content (AvgIpc) is 1.96. The zero-order valence-corrected chi connectivity index (χ0v) is 9.52. The normalized spacial score (nSPS) is 13.6. The summed E-state index contributed by atoms with van der Waals surface area (Å²) in [4.78, 5) is 4.13. The van der Waals surface area contributed by atoms with Gasteiger partial charge in [0.25, 0.3) is 0 Å². The van der Waals surface area contributed by atoms with Crippen LogP contribution in [0.3, 0.4) is 0 Å². The van der Waals surface area contributed by atoms with E-state index in [-0.39, 0.29) is 0 Å². The highest BCUT2D eigenvalue weighted by atomic mass is 19.4. The van der Waals surface area contributed by atoms with Gasteiger partial charge in [0.05, 0.1) is 6.42 Å². The zero-order chi connectivity index (χ0) is 12.3. The molecule has 1 atom stereocenters. The van der Waals surface area contributed by atoms with Crippen LogP contribution in [0.1, 0.15) is 24.6 Å². The Morgan fingerprint density at radius 2 is 1.94 bits per heavy atom. The second-order valence-electron chi connectivity index (χ2n) is 4.04. The maximum absolute atomic E-state index is 12.1. The zero-order valence-electron chi connectivity index (χ0n) is 9.52. The maximum atomic E-state index is 12.1. The van der Waals surface area contributed by atoms with Crippen LogP contribution in [0.5, 0.6) is 0 Å². The van der Waals surface area contributed by atoms with Gasteiger partial charge in [0.1, 0.15) is 5.82 Å². The highest BCUT2D eigenvalue weighted by Crippen LogP contribution is 2.23. The van der Waals surface area contributed by atoms with Crippen molar-refractivity contribution in [3.8, 4) is 0 Å². The number of nitrogens with one attached hydrogen (secondary N) is 1. The minimum atomic E-state index is -4.15. The van der Waals surface area contributed by atoms with Crippen molar-refractivity contribution >= 4 is 5.82 Å². The molecule has 0 bridgehead atoms. The van der Waals surface area contributed by atoms with Crippen molar-refractivity contribution in [2.75, 3.05) is 5.32 Å². The molecule has 0 amide bonds. The summed E-state index contributed by atoms with van der Waals surface area (Å²) < 4.78 is 36.3. The molecule has 0 saturated carbocycles. The van der Waals surface area contributed by atoms with Gasteiger partial charge in [-0.25, -0.2) is 4.98 Å². The molecule has 2 nitrogen and oxygen atoms in total. The molecule has 1 N–H and O–H groups in total. The monoisotopic (exact) mass is 232 g/mol. The Morgan fingerprint density at radius 1 is 1.31 bits per heavy atom. The van der Waals surface area contributed by atoms with Crippen LogP contribution in [0, 0.1) is 13.8 Å². The van der Waals surface area contributed by atoms with Crippen LogP contribution in [0.4, 0.5) is 19.0 Å². The first-order valence-electron chi connectivity index (χ1n) is 5.05. The molecule has 0 aromatic carbocycles. The van der Waals surface area contributed by atoms with Gasteiger partial charge >= 0.3 is 6.18 Å². The smallest absolute Gasteiger partial charge is 0.367 e. The van der Waals surface area contributed by atoms with E-state index in [4.69, 9.17) is 0 Å². The van der Waals surface area contributed by atoms with Crippen molar-refractivity contribution in [2.45, 2.75) is 39.4 Å². The highest BCUT2D eigenvalue weighted by Gasteiger charge is 2.30. The van der Waals surface area contributed by atoms with Crippen molar-refractivity contribution in [2.24, 2.45) is 0 Å². The number of anilines is 1. The summed E-state index contributed by atoms with van der Waals surface area (Å²) in [6, 6.07) is 2.94. The predicted octanol–water partition coefficient (Wildman–Crippen LogP) is 3.45. The van der Waals surface area contributed by atoms with E-state index in [1.54, 1.807) is 6.07 Å². The number of halogens is 3. The summed E-state index contributed by atoms with van der Waals surface area (Å²) >= 11 is 0. The van der Waals surface area contributed by atoms with Gasteiger partial charge in [0.15, 0.2) is 0 Å². The van der Waals surface area contributed by atoms with Gasteiger partial charge in [-0.15, -0.1) is 0 Å². The third kappa shape index (κ3) is 4.51. The van der Waals surface area contributed by atoms with Crippen LogP contribution in [0.2, 0.25) is 0 Å². The highest BCUT2D eigenvalue weighted by molar-refractivity contribution is 5.39. The van der Waals surface area contributed by atoms with Crippen LogP contribution in [0.15, 0.2) is 12.1 Å². The SMILES string of the molecule is Cc1cc(C)nc(NC(C)CC(F)(F)F)c1. The molecule has 1 heterocycles. The number of hydrogen-bond donors (Lipinski definition) is 1. The summed E-state index contributed by atoms with van der Waals surface area (Å²) in [5.41, 5.74) is 1.77. The van der Waals surface area contributed by atoms with E-state index >= 15 is 0 Å². The minimum absolute atomic E-state index is 0.495. The summed E-state index contributed by atoms with van der Waals surface area (Å²) in [6.45, 7) is 5.19. The summed E-state index contributed by atoms with van der Waals surface area (Å²) in [5.74, 6) is 0.495. The van der Waals surface area contributed by atoms with E-state index in [0.717, 1.165) is 11.3 Å². The Morgan fingerprint density at radius 3 is 2.44 bits per heavy atom. The Hall–Kier alpha value is -1.26. The molecule has 1 rings (SSSR count). The van der Waals surface area contributed by atoms with Crippen LogP contribution < -0.4 is 5.32 Å². The molecule has 1 aromatic heterocycles. The number of rotatable bonds is 3. The molecule has 0 aliphatic rings. The number of alkyl halides is 3. The first kappa shape index (κ1) is 12.8. The number of aromatic nitrogens is 1. The fraction of sp³-hybridized carbons (Fsp3) is 0.545. The van der Waals surface area contributed by atoms with E-state index in [9.17, 15) is 13.2 Å². The lowest BCUT2D eigenvalue weighted by Gasteiger charge is -2.16. The fourth-order valence-corrected chi connectivity index (χ4v) is 1.57. The Labute approximate surface area is 92.9 Å². The molecule has 16 heavy (non-hydrogen) atoms. The molecule has 90 valence electrons. The number of pyridine rings is 1. The van der Waals surface area contributed by atoms with Crippen molar-refractivity contribution in [1.82, 2.24) is 4.98 Å². The molecule has 0 aliphatic carbocycles. The molecule has 1 unspecified atom stereocenters. The summed E-state index contributed by atoms with van der Waals surface area (Å²) in [6.07, 6.45) is -5.01. The molecule has 1 aromatic rings. The molecule has 0 radical (unpaired) electrons. The largest absolute Gasteiger partial charge is 0.391 e. The third-order valence-electron chi connectivity index (χ3n) is 2.03. The molecular formula is C11H15F3N2. The Balaban J connectivity index is 2.66. The van der Waals surface area contributed by atoms with Gasteiger partial charge in [-0.05, 0) is 38.5 Å². The van der Waals surface area contributed by atoms with Crippen LogP contribution in [-0.2, 0) is 0 Å². The third-order valence-corrected chi connectivity index (χ3v) is 2.03. The molecule has 0 spiro atoms. The van der Waals surface area contributed by atoms with E-state index < -0.39 is 18.6 Å². The molecule has 0 fully saturated rings. The number of nitrogens with zero attached hydrogens (tertiary/aromatic N) is 1. The lowest BCUT2D eigenvalue weighted by atomic mass is 10.2. The van der Waals surface area contributed by atoms with Crippen molar-refractivity contribution in [3.63, 3.8) is 0 Å². The van der Waals surface area contributed by atoms with Gasteiger partial charge in [-0.3, -0.25) is 0 Å². The summed E-state index contributed by atoms with van der Waals surface area (Å²) in [7, 11) is 0. The van der Waals surface area contributed by atoms with Gasteiger partial charge in [0.2, 0.25) is 0 Å². The van der Waals surface area contributed by atoms with Gasteiger partial charge in [-0.1, -0.05) is 0 Å². The van der Waals surface area contributed by atoms with Crippen molar-refractivity contribution in [3.05, 3.63) is 23.4 Å². The quantitative estimate of drug-likeness (QED) is 0.863. The van der Waals surface area contributed by atoms with E-state index in [2.05, 4.69) is 10.3 Å². The molecule has 0 saturated heterocycles. The van der Waals surface area contributed by atoms with E-state index in [0.29, 0.717) is 5.82 Å². The Bertz CT molecular complexity index is 340. The van der Waals surface area contributed by atoms with Crippen LogP contribution in [-0.4, -0.2) is 17.2 Å². The average molecular weight is 232 g/mol. The number of aryl methyl sites for hydroxylation is 2. The van der Waals surface area contributed by atoms with E-state index in [1.165, 1.54) is 6.92 Å². The summed E-state index contributed by atoms with van der Waals surface area (Å²) in [5, 5.41) is 2.75. The topological polar surface area (TPSA) is 24.9 Å². The molecular weight excluding hydrogens is 217 g/mol. The second-order valence-corrected chi connectivity index (χ2v) is 4.04. The minimum Gasteiger partial charge on any atom is -0.367 e. The maximum Gasteiger partial charge on any atom is 0.391 e. The van der Waals surface area contributed by atoms with Crippen LogP contribution >= 0.6 is 0 Å². The van der Waals surface area contributed by atoms with Crippen molar-refractivity contribution in [1.29, 1.82) is 0 Å². The predicted molar refractivity (Wildman–Crippen MR) is 57.5 cm³/mol. The van der Waals surface area contributed by atoms with Crippen LogP contribution in [0.25, 0.3) is 0 Å². The molecule has 5 heteroatoms.